The standard InChI is InChI=1S/C19H24F3N3O2/c1-13(2)25-12-14(10-17(25)26)18(27)24-8-6-23(7-9-24)16-5-3-4-15(11-16)19(20,21)22/h3-5,11,13-14H,6-10,12H2,1-2H3/t14-/m0/s1. The molecule has 1 aromatic rings. The molecule has 0 aliphatic carbocycles. The monoisotopic (exact) mass is 383 g/mol. The lowest BCUT2D eigenvalue weighted by molar-refractivity contribution is -0.137. The van der Waals surface area contributed by atoms with Crippen molar-refractivity contribution in [2.45, 2.75) is 32.5 Å². The zero-order valence-electron chi connectivity index (χ0n) is 15.5. The fraction of sp³-hybridized carbons (Fsp3) is 0.579. The number of anilines is 1. The van der Waals surface area contributed by atoms with Gasteiger partial charge in [0, 0.05) is 50.9 Å². The molecule has 5 nitrogen and oxygen atoms in total. The highest BCUT2D eigenvalue weighted by atomic mass is 19.4. The van der Waals surface area contributed by atoms with Crippen molar-refractivity contribution in [2.75, 3.05) is 37.6 Å². The van der Waals surface area contributed by atoms with E-state index < -0.39 is 11.7 Å². The summed E-state index contributed by atoms with van der Waals surface area (Å²) in [5, 5.41) is 0. The van der Waals surface area contributed by atoms with Crippen LogP contribution >= 0.6 is 0 Å². The molecular formula is C19H24F3N3O2. The third kappa shape index (κ3) is 4.20. The van der Waals surface area contributed by atoms with Crippen LogP contribution in [0, 0.1) is 5.92 Å². The summed E-state index contributed by atoms with van der Waals surface area (Å²) in [6, 6.07) is 5.34. The molecule has 3 rings (SSSR count). The summed E-state index contributed by atoms with van der Waals surface area (Å²) in [6.07, 6.45) is -4.13. The molecule has 0 aromatic heterocycles. The van der Waals surface area contributed by atoms with Gasteiger partial charge >= 0.3 is 6.18 Å². The molecule has 148 valence electrons. The molecule has 0 N–H and O–H groups in total. The van der Waals surface area contributed by atoms with Gasteiger partial charge in [-0.1, -0.05) is 6.07 Å². The third-order valence-electron chi connectivity index (χ3n) is 5.26. The molecule has 27 heavy (non-hydrogen) atoms. The number of rotatable bonds is 3. The highest BCUT2D eigenvalue weighted by Gasteiger charge is 2.38. The van der Waals surface area contributed by atoms with Crippen molar-refractivity contribution < 1.29 is 22.8 Å². The maximum atomic E-state index is 12.9. The molecule has 0 radical (unpaired) electrons. The SMILES string of the molecule is CC(C)N1C[C@@H](C(=O)N2CCN(c3cccc(C(F)(F)F)c3)CC2)CC1=O. The van der Waals surface area contributed by atoms with Gasteiger partial charge in [0.25, 0.3) is 0 Å². The van der Waals surface area contributed by atoms with Crippen LogP contribution in [0.5, 0.6) is 0 Å². The van der Waals surface area contributed by atoms with E-state index in [1.54, 1.807) is 15.9 Å². The Bertz CT molecular complexity index is 712. The average molecular weight is 383 g/mol. The summed E-state index contributed by atoms with van der Waals surface area (Å²) in [5.74, 6) is -0.346. The first-order valence-corrected chi connectivity index (χ1v) is 9.17. The molecular weight excluding hydrogens is 359 g/mol. The lowest BCUT2D eigenvalue weighted by Gasteiger charge is -2.37. The molecule has 8 heteroatoms. The molecule has 1 aromatic carbocycles. The summed E-state index contributed by atoms with van der Waals surface area (Å²) >= 11 is 0. The first-order valence-electron chi connectivity index (χ1n) is 9.17. The fourth-order valence-electron chi connectivity index (χ4n) is 3.72. The molecule has 1 atom stereocenters. The maximum Gasteiger partial charge on any atom is 0.416 e. The minimum atomic E-state index is -4.37. The van der Waals surface area contributed by atoms with E-state index in [4.69, 9.17) is 0 Å². The second-order valence-corrected chi connectivity index (χ2v) is 7.40. The van der Waals surface area contributed by atoms with E-state index in [9.17, 15) is 22.8 Å². The van der Waals surface area contributed by atoms with Crippen molar-refractivity contribution in [3.63, 3.8) is 0 Å². The van der Waals surface area contributed by atoms with Crippen molar-refractivity contribution in [2.24, 2.45) is 5.92 Å². The number of hydrogen-bond acceptors (Lipinski definition) is 3. The van der Waals surface area contributed by atoms with Gasteiger partial charge in [0.15, 0.2) is 0 Å². The van der Waals surface area contributed by atoms with Crippen LogP contribution in [0.25, 0.3) is 0 Å². The number of likely N-dealkylation sites (tertiary alicyclic amines) is 1. The van der Waals surface area contributed by atoms with Crippen molar-refractivity contribution in [3.8, 4) is 0 Å². The number of alkyl halides is 3. The van der Waals surface area contributed by atoms with Crippen molar-refractivity contribution in [1.82, 2.24) is 9.80 Å². The molecule has 0 bridgehead atoms. The molecule has 0 saturated carbocycles. The zero-order chi connectivity index (χ0) is 19.8. The van der Waals surface area contributed by atoms with Gasteiger partial charge in [0.05, 0.1) is 11.5 Å². The van der Waals surface area contributed by atoms with Crippen LogP contribution in [0.3, 0.4) is 0 Å². The summed E-state index contributed by atoms with van der Waals surface area (Å²) in [4.78, 5) is 30.1. The molecule has 2 heterocycles. The fourth-order valence-corrected chi connectivity index (χ4v) is 3.72. The first-order chi connectivity index (χ1) is 12.7. The molecule has 2 fully saturated rings. The van der Waals surface area contributed by atoms with Gasteiger partial charge < -0.3 is 14.7 Å². The number of carbonyl (C=O) groups is 2. The molecule has 0 spiro atoms. The van der Waals surface area contributed by atoms with Crippen LogP contribution in [0.4, 0.5) is 18.9 Å². The van der Waals surface area contributed by atoms with E-state index in [0.717, 1.165) is 12.1 Å². The number of nitrogens with zero attached hydrogens (tertiary/aromatic N) is 3. The van der Waals surface area contributed by atoms with Crippen LogP contribution in [-0.2, 0) is 15.8 Å². The Morgan fingerprint density at radius 1 is 1.15 bits per heavy atom. The second-order valence-electron chi connectivity index (χ2n) is 7.40. The van der Waals surface area contributed by atoms with Crippen molar-refractivity contribution in [1.29, 1.82) is 0 Å². The van der Waals surface area contributed by atoms with Gasteiger partial charge in [-0.2, -0.15) is 13.2 Å². The summed E-state index contributed by atoms with van der Waals surface area (Å²) in [6.45, 7) is 6.15. The minimum Gasteiger partial charge on any atom is -0.368 e. The third-order valence-corrected chi connectivity index (χ3v) is 5.26. The Labute approximate surface area is 156 Å². The number of amides is 2. The van der Waals surface area contributed by atoms with E-state index in [1.165, 1.54) is 6.07 Å². The quantitative estimate of drug-likeness (QED) is 0.806. The number of benzene rings is 1. The van der Waals surface area contributed by atoms with Gasteiger partial charge in [-0.15, -0.1) is 0 Å². The van der Waals surface area contributed by atoms with Crippen LogP contribution in [0.15, 0.2) is 24.3 Å². The molecule has 0 unspecified atom stereocenters. The largest absolute Gasteiger partial charge is 0.416 e. The van der Waals surface area contributed by atoms with Gasteiger partial charge in [0.2, 0.25) is 11.8 Å². The number of halogens is 3. The topological polar surface area (TPSA) is 43.9 Å². The van der Waals surface area contributed by atoms with Gasteiger partial charge in [-0.3, -0.25) is 9.59 Å². The van der Waals surface area contributed by atoms with Crippen molar-refractivity contribution >= 4 is 17.5 Å². The predicted octanol–water partition coefficient (Wildman–Crippen LogP) is 2.61. The lowest BCUT2D eigenvalue weighted by atomic mass is 10.1. The Kier molecular flexibility index (Phi) is 5.35. The smallest absolute Gasteiger partial charge is 0.368 e. The Balaban J connectivity index is 1.59. The number of hydrogen-bond donors (Lipinski definition) is 0. The van der Waals surface area contributed by atoms with Crippen molar-refractivity contribution in [3.05, 3.63) is 29.8 Å². The predicted molar refractivity (Wildman–Crippen MR) is 95.2 cm³/mol. The van der Waals surface area contributed by atoms with Gasteiger partial charge in [-0.05, 0) is 32.0 Å². The summed E-state index contributed by atoms with van der Waals surface area (Å²) < 4.78 is 38.7. The molecule has 2 saturated heterocycles. The van der Waals surface area contributed by atoms with Crippen LogP contribution in [0.1, 0.15) is 25.8 Å². The Morgan fingerprint density at radius 2 is 1.81 bits per heavy atom. The van der Waals surface area contributed by atoms with E-state index in [-0.39, 0.29) is 30.2 Å². The Morgan fingerprint density at radius 3 is 2.37 bits per heavy atom. The lowest BCUT2D eigenvalue weighted by Crippen LogP contribution is -2.50. The van der Waals surface area contributed by atoms with Gasteiger partial charge in [0.1, 0.15) is 0 Å². The Hall–Kier alpha value is -2.25. The van der Waals surface area contributed by atoms with E-state index in [1.807, 2.05) is 18.7 Å². The van der Waals surface area contributed by atoms with Crippen LogP contribution in [-0.4, -0.2) is 60.4 Å². The normalized spacial score (nSPS) is 21.3. The van der Waals surface area contributed by atoms with Gasteiger partial charge in [-0.25, -0.2) is 0 Å². The van der Waals surface area contributed by atoms with E-state index in [0.29, 0.717) is 38.4 Å². The molecule has 2 aliphatic heterocycles. The van der Waals surface area contributed by atoms with Crippen LogP contribution in [0.2, 0.25) is 0 Å². The van der Waals surface area contributed by atoms with E-state index in [2.05, 4.69) is 0 Å². The summed E-state index contributed by atoms with van der Waals surface area (Å²) in [7, 11) is 0. The molecule has 2 amide bonds. The molecule has 2 aliphatic rings. The van der Waals surface area contributed by atoms with E-state index >= 15 is 0 Å². The summed E-state index contributed by atoms with van der Waals surface area (Å²) in [5.41, 5.74) is -0.157. The number of piperazine rings is 1. The highest BCUT2D eigenvalue weighted by molar-refractivity contribution is 5.89. The highest BCUT2D eigenvalue weighted by Crippen LogP contribution is 2.32. The first kappa shape index (κ1) is 19.5. The minimum absolute atomic E-state index is 0.00551. The second kappa shape index (κ2) is 7.40. The zero-order valence-corrected chi connectivity index (χ0v) is 15.5. The maximum absolute atomic E-state index is 12.9. The average Bonchev–Trinajstić information content (AvgIpc) is 3.03. The number of carbonyl (C=O) groups excluding carboxylic acids is 2. The van der Waals surface area contributed by atoms with Crippen LogP contribution < -0.4 is 4.90 Å².